The molecule has 3 rings (SSSR count). The quantitative estimate of drug-likeness (QED) is 0.784. The molecule has 1 aromatic heterocycles. The summed E-state index contributed by atoms with van der Waals surface area (Å²) in [6.45, 7) is 1.11. The van der Waals surface area contributed by atoms with Gasteiger partial charge in [0.2, 0.25) is 0 Å². The van der Waals surface area contributed by atoms with Gasteiger partial charge in [-0.2, -0.15) is 0 Å². The van der Waals surface area contributed by atoms with Crippen molar-refractivity contribution in [3.8, 4) is 0 Å². The van der Waals surface area contributed by atoms with Crippen molar-refractivity contribution in [1.82, 2.24) is 9.97 Å². The van der Waals surface area contributed by atoms with Crippen LogP contribution in [0.4, 0.5) is 5.82 Å². The summed E-state index contributed by atoms with van der Waals surface area (Å²) in [5, 5.41) is 0. The van der Waals surface area contributed by atoms with Crippen molar-refractivity contribution in [1.29, 1.82) is 0 Å². The molecule has 18 heavy (non-hydrogen) atoms. The summed E-state index contributed by atoms with van der Waals surface area (Å²) in [5.41, 5.74) is 1.03. The molecule has 3 nitrogen and oxygen atoms in total. The molecular weight excluding hydrogens is 246 g/mol. The van der Waals surface area contributed by atoms with Gasteiger partial charge in [-0.25, -0.2) is 9.97 Å². The van der Waals surface area contributed by atoms with Gasteiger partial charge in [-0.1, -0.05) is 6.42 Å². The standard InChI is InChI=1S/C14H20ClN3/c1-18(14-13(6-15)7-16-9-17-14)8-12-5-10-2-3-11(12)4-10/h7,9-12H,2-6,8H2,1H3. The number of fused-ring (bicyclic) bond motifs is 2. The molecule has 98 valence electrons. The second-order valence-corrected chi connectivity index (χ2v) is 6.09. The van der Waals surface area contributed by atoms with Crippen molar-refractivity contribution in [2.45, 2.75) is 31.6 Å². The number of hydrogen-bond donors (Lipinski definition) is 0. The maximum absolute atomic E-state index is 5.95. The van der Waals surface area contributed by atoms with E-state index >= 15 is 0 Å². The molecule has 3 unspecified atom stereocenters. The van der Waals surface area contributed by atoms with Crippen molar-refractivity contribution >= 4 is 17.4 Å². The molecule has 2 saturated carbocycles. The van der Waals surface area contributed by atoms with Crippen LogP contribution in [0.15, 0.2) is 12.5 Å². The number of hydrogen-bond acceptors (Lipinski definition) is 3. The maximum Gasteiger partial charge on any atom is 0.136 e. The van der Waals surface area contributed by atoms with Crippen molar-refractivity contribution in [3.63, 3.8) is 0 Å². The zero-order valence-electron chi connectivity index (χ0n) is 10.8. The zero-order valence-corrected chi connectivity index (χ0v) is 11.6. The van der Waals surface area contributed by atoms with Gasteiger partial charge >= 0.3 is 0 Å². The van der Waals surface area contributed by atoms with Crippen LogP contribution in [-0.4, -0.2) is 23.6 Å². The first-order valence-electron chi connectivity index (χ1n) is 6.84. The molecule has 2 aliphatic rings. The normalized spacial score (nSPS) is 29.8. The highest BCUT2D eigenvalue weighted by Gasteiger charge is 2.39. The molecule has 2 bridgehead atoms. The van der Waals surface area contributed by atoms with Gasteiger partial charge in [0.1, 0.15) is 12.1 Å². The van der Waals surface area contributed by atoms with E-state index in [9.17, 15) is 0 Å². The third-order valence-corrected chi connectivity index (χ3v) is 4.95. The predicted octanol–water partition coefficient (Wildman–Crippen LogP) is 3.09. The maximum atomic E-state index is 5.95. The van der Waals surface area contributed by atoms with Crippen LogP contribution in [0.2, 0.25) is 0 Å². The van der Waals surface area contributed by atoms with E-state index in [0.717, 1.165) is 35.7 Å². The number of aromatic nitrogens is 2. The molecular formula is C14H20ClN3. The van der Waals surface area contributed by atoms with Crippen LogP contribution in [0.1, 0.15) is 31.2 Å². The summed E-state index contributed by atoms with van der Waals surface area (Å²) in [4.78, 5) is 10.7. The molecule has 2 aliphatic carbocycles. The Bertz CT molecular complexity index is 423. The average Bonchev–Trinajstić information content (AvgIpc) is 3.01. The number of rotatable bonds is 4. The Morgan fingerprint density at radius 3 is 2.94 bits per heavy atom. The highest BCUT2D eigenvalue weighted by Crippen LogP contribution is 2.48. The van der Waals surface area contributed by atoms with E-state index in [4.69, 9.17) is 11.6 Å². The largest absolute Gasteiger partial charge is 0.359 e. The summed E-state index contributed by atoms with van der Waals surface area (Å²) in [6, 6.07) is 0. The Labute approximate surface area is 114 Å². The molecule has 0 N–H and O–H groups in total. The van der Waals surface area contributed by atoms with E-state index in [0.29, 0.717) is 5.88 Å². The van der Waals surface area contributed by atoms with Crippen LogP contribution in [0.5, 0.6) is 0 Å². The van der Waals surface area contributed by atoms with Crippen LogP contribution in [0.3, 0.4) is 0 Å². The molecule has 0 aliphatic heterocycles. The SMILES string of the molecule is CN(CC1CC2CCC1C2)c1ncncc1CCl. The van der Waals surface area contributed by atoms with E-state index in [-0.39, 0.29) is 0 Å². The summed E-state index contributed by atoms with van der Waals surface area (Å²) in [5.74, 6) is 4.30. The Morgan fingerprint density at radius 2 is 2.28 bits per heavy atom. The van der Waals surface area contributed by atoms with E-state index < -0.39 is 0 Å². The molecule has 0 radical (unpaired) electrons. The first-order chi connectivity index (χ1) is 8.78. The van der Waals surface area contributed by atoms with Gasteiger partial charge in [0.25, 0.3) is 0 Å². The molecule has 2 fully saturated rings. The smallest absolute Gasteiger partial charge is 0.136 e. The summed E-state index contributed by atoms with van der Waals surface area (Å²) >= 11 is 5.95. The molecule has 0 aromatic carbocycles. The van der Waals surface area contributed by atoms with Crippen LogP contribution in [-0.2, 0) is 5.88 Å². The molecule has 3 atom stereocenters. The van der Waals surface area contributed by atoms with Gasteiger partial charge in [0, 0.05) is 25.4 Å². The lowest BCUT2D eigenvalue weighted by molar-refractivity contribution is 0.337. The summed E-state index contributed by atoms with van der Waals surface area (Å²) in [6.07, 6.45) is 9.22. The minimum Gasteiger partial charge on any atom is -0.359 e. The van der Waals surface area contributed by atoms with Crippen molar-refractivity contribution in [2.24, 2.45) is 17.8 Å². The number of halogens is 1. The molecule has 0 saturated heterocycles. The first-order valence-corrected chi connectivity index (χ1v) is 7.37. The lowest BCUT2D eigenvalue weighted by Gasteiger charge is -2.28. The van der Waals surface area contributed by atoms with Crippen LogP contribution >= 0.6 is 11.6 Å². The third-order valence-electron chi connectivity index (χ3n) is 4.66. The van der Waals surface area contributed by atoms with Gasteiger partial charge in [0.05, 0.1) is 5.88 Å². The van der Waals surface area contributed by atoms with E-state index in [1.807, 2.05) is 6.20 Å². The fourth-order valence-corrected chi connectivity index (χ4v) is 4.02. The van der Waals surface area contributed by atoms with Crippen LogP contribution in [0, 0.1) is 17.8 Å². The first kappa shape index (κ1) is 12.2. The molecule has 0 amide bonds. The van der Waals surface area contributed by atoms with E-state index in [1.54, 1.807) is 6.33 Å². The van der Waals surface area contributed by atoms with E-state index in [1.165, 1.54) is 25.7 Å². The predicted molar refractivity (Wildman–Crippen MR) is 73.8 cm³/mol. The minimum atomic E-state index is 0.483. The average molecular weight is 266 g/mol. The molecule has 1 heterocycles. The monoisotopic (exact) mass is 265 g/mol. The van der Waals surface area contributed by atoms with Gasteiger partial charge in [0.15, 0.2) is 0 Å². The van der Waals surface area contributed by atoms with Crippen LogP contribution < -0.4 is 4.90 Å². The molecule has 1 aromatic rings. The van der Waals surface area contributed by atoms with Gasteiger partial charge < -0.3 is 4.90 Å². The van der Waals surface area contributed by atoms with Crippen molar-refractivity contribution < 1.29 is 0 Å². The zero-order chi connectivity index (χ0) is 12.5. The topological polar surface area (TPSA) is 29.0 Å². The summed E-state index contributed by atoms with van der Waals surface area (Å²) < 4.78 is 0. The number of alkyl halides is 1. The Morgan fingerprint density at radius 1 is 1.39 bits per heavy atom. The van der Waals surface area contributed by atoms with E-state index in [2.05, 4.69) is 21.9 Å². The minimum absolute atomic E-state index is 0.483. The van der Waals surface area contributed by atoms with Gasteiger partial charge in [-0.05, 0) is 37.0 Å². The second kappa shape index (κ2) is 5.04. The molecule has 0 spiro atoms. The van der Waals surface area contributed by atoms with Crippen molar-refractivity contribution in [2.75, 3.05) is 18.5 Å². The highest BCUT2D eigenvalue weighted by molar-refractivity contribution is 6.17. The lowest BCUT2D eigenvalue weighted by atomic mass is 9.88. The number of nitrogens with zero attached hydrogens (tertiary/aromatic N) is 3. The van der Waals surface area contributed by atoms with Gasteiger partial charge in [-0.3, -0.25) is 0 Å². The van der Waals surface area contributed by atoms with Crippen LogP contribution in [0.25, 0.3) is 0 Å². The lowest BCUT2D eigenvalue weighted by Crippen LogP contribution is -2.29. The Kier molecular flexibility index (Phi) is 3.42. The third kappa shape index (κ3) is 2.20. The number of anilines is 1. The van der Waals surface area contributed by atoms with Crippen molar-refractivity contribution in [3.05, 3.63) is 18.1 Å². The fourth-order valence-electron chi connectivity index (χ4n) is 3.83. The highest BCUT2D eigenvalue weighted by atomic mass is 35.5. The Hall–Kier alpha value is -0.830. The molecule has 4 heteroatoms. The fraction of sp³-hybridized carbons (Fsp3) is 0.714. The second-order valence-electron chi connectivity index (χ2n) is 5.82. The van der Waals surface area contributed by atoms with Gasteiger partial charge in [-0.15, -0.1) is 11.6 Å². The Balaban J connectivity index is 1.69. The summed E-state index contributed by atoms with van der Waals surface area (Å²) in [7, 11) is 2.13.